The molecule has 0 unspecified atom stereocenters. The maximum absolute atomic E-state index is 7.04. The Balaban J connectivity index is 1.10. The lowest BCUT2D eigenvalue weighted by Crippen LogP contribution is -2.28. The molecule has 314 valence electrons. The van der Waals surface area contributed by atoms with Crippen molar-refractivity contribution >= 4 is 49.8 Å². The predicted molar refractivity (Wildman–Crippen MR) is 280 cm³/mol. The molecule has 0 atom stereocenters. The van der Waals surface area contributed by atoms with Gasteiger partial charge in [-0.1, -0.05) is 212 Å². The highest BCUT2D eigenvalue weighted by Gasteiger charge is 2.46. The Morgan fingerprint density at radius 2 is 0.851 bits per heavy atom. The minimum Gasteiger partial charge on any atom is -0.455 e. The van der Waals surface area contributed by atoms with E-state index in [1.165, 1.54) is 55.6 Å². The van der Waals surface area contributed by atoms with Gasteiger partial charge in [-0.3, -0.25) is 0 Å². The highest BCUT2D eigenvalue weighted by molar-refractivity contribution is 6.22. The van der Waals surface area contributed by atoms with Crippen LogP contribution in [0.3, 0.4) is 0 Å². The van der Waals surface area contributed by atoms with E-state index in [1.807, 2.05) is 0 Å². The first kappa shape index (κ1) is 38.7. The average molecular weight is 854 g/mol. The summed E-state index contributed by atoms with van der Waals surface area (Å²) >= 11 is 0. The second kappa shape index (κ2) is 15.8. The van der Waals surface area contributed by atoms with Crippen molar-refractivity contribution in [3.63, 3.8) is 0 Å². The minimum atomic E-state index is -0.557. The Kier molecular flexibility index (Phi) is 9.11. The topological polar surface area (TPSA) is 16.4 Å². The van der Waals surface area contributed by atoms with Crippen LogP contribution in [0, 0.1) is 0 Å². The molecule has 67 heavy (non-hydrogen) atoms. The van der Waals surface area contributed by atoms with E-state index in [1.54, 1.807) is 0 Å². The third-order valence-corrected chi connectivity index (χ3v) is 13.9. The summed E-state index contributed by atoms with van der Waals surface area (Å²) in [5.41, 5.74) is 18.9. The van der Waals surface area contributed by atoms with Crippen LogP contribution in [0.4, 0.5) is 17.1 Å². The number of hydrogen-bond acceptors (Lipinski definition) is 2. The van der Waals surface area contributed by atoms with E-state index in [2.05, 4.69) is 266 Å². The van der Waals surface area contributed by atoms with Gasteiger partial charge in [-0.05, 0) is 121 Å². The first-order valence-corrected chi connectivity index (χ1v) is 23.1. The van der Waals surface area contributed by atoms with Crippen LogP contribution >= 0.6 is 0 Å². The van der Waals surface area contributed by atoms with E-state index in [0.29, 0.717) is 0 Å². The van der Waals surface area contributed by atoms with Crippen LogP contribution in [0.25, 0.3) is 77.2 Å². The summed E-state index contributed by atoms with van der Waals surface area (Å²) in [5.74, 6) is 0. The molecule has 2 nitrogen and oxygen atoms in total. The van der Waals surface area contributed by atoms with Gasteiger partial charge in [-0.25, -0.2) is 0 Å². The third-order valence-electron chi connectivity index (χ3n) is 13.9. The zero-order chi connectivity index (χ0) is 44.3. The van der Waals surface area contributed by atoms with E-state index in [0.717, 1.165) is 60.9 Å². The first-order valence-electron chi connectivity index (χ1n) is 23.1. The van der Waals surface area contributed by atoms with Crippen molar-refractivity contribution in [3.05, 3.63) is 283 Å². The smallest absolute Gasteiger partial charge is 0.143 e. The quantitative estimate of drug-likeness (QED) is 0.151. The third kappa shape index (κ3) is 6.18. The Morgan fingerprint density at radius 3 is 1.57 bits per heavy atom. The SMILES string of the molecule is c1ccc(-c2cccc(-c3cc4c(oc5cccc(N(c6cccc(-c7ccccc7)c6)c6ccc7c(c6)C(c6ccccc6)(c6ccccc6)c6ccccc6-7)c54)c4ccccc34)c2)cc1. The molecule has 0 saturated carbocycles. The van der Waals surface area contributed by atoms with Crippen LogP contribution in [0.2, 0.25) is 0 Å². The molecule has 1 heterocycles. The molecule has 0 fully saturated rings. The van der Waals surface area contributed by atoms with Crippen LogP contribution in [0.5, 0.6) is 0 Å². The zero-order valence-electron chi connectivity index (χ0n) is 36.7. The van der Waals surface area contributed by atoms with Gasteiger partial charge in [-0.2, -0.15) is 0 Å². The van der Waals surface area contributed by atoms with Gasteiger partial charge < -0.3 is 9.32 Å². The van der Waals surface area contributed by atoms with Gasteiger partial charge in [0.05, 0.1) is 16.5 Å². The number of hydrogen-bond donors (Lipinski definition) is 0. The second-order valence-corrected chi connectivity index (χ2v) is 17.6. The normalized spacial score (nSPS) is 12.6. The van der Waals surface area contributed by atoms with Gasteiger partial charge in [0.25, 0.3) is 0 Å². The molecule has 0 bridgehead atoms. The fourth-order valence-corrected chi connectivity index (χ4v) is 11.0. The van der Waals surface area contributed by atoms with E-state index in [-0.39, 0.29) is 0 Å². The number of anilines is 3. The molecule has 0 saturated heterocycles. The molecule has 0 radical (unpaired) electrons. The fraction of sp³-hybridized carbons (Fsp3) is 0.0154. The molecule has 1 aliphatic carbocycles. The van der Waals surface area contributed by atoms with Gasteiger partial charge in [-0.15, -0.1) is 0 Å². The van der Waals surface area contributed by atoms with Crippen LogP contribution in [-0.2, 0) is 5.41 Å². The van der Waals surface area contributed by atoms with Crippen LogP contribution in [0.15, 0.2) is 265 Å². The summed E-state index contributed by atoms with van der Waals surface area (Å²) in [6, 6.07) is 95.0. The molecule has 13 rings (SSSR count). The van der Waals surface area contributed by atoms with Crippen molar-refractivity contribution in [2.24, 2.45) is 0 Å². The monoisotopic (exact) mass is 853 g/mol. The largest absolute Gasteiger partial charge is 0.455 e. The van der Waals surface area contributed by atoms with Crippen molar-refractivity contribution in [1.29, 1.82) is 0 Å². The van der Waals surface area contributed by atoms with Crippen molar-refractivity contribution in [1.82, 2.24) is 0 Å². The predicted octanol–water partition coefficient (Wildman–Crippen LogP) is 17.6. The van der Waals surface area contributed by atoms with Gasteiger partial charge in [0.15, 0.2) is 0 Å². The molecule has 0 amide bonds. The van der Waals surface area contributed by atoms with Crippen molar-refractivity contribution < 1.29 is 4.42 Å². The van der Waals surface area contributed by atoms with E-state index >= 15 is 0 Å². The molecule has 11 aromatic carbocycles. The molecule has 0 N–H and O–H groups in total. The van der Waals surface area contributed by atoms with Gasteiger partial charge in [0, 0.05) is 22.1 Å². The molecule has 0 spiro atoms. The minimum absolute atomic E-state index is 0.557. The molecule has 1 aliphatic rings. The van der Waals surface area contributed by atoms with Gasteiger partial charge in [0.2, 0.25) is 0 Å². The van der Waals surface area contributed by atoms with Crippen molar-refractivity contribution in [2.45, 2.75) is 5.41 Å². The maximum Gasteiger partial charge on any atom is 0.143 e. The standard InChI is InChI=1S/C65H43NO/c1-5-20-44(21-6-1)46-24-17-26-48(40-46)57-43-58-63-61(36-19-37-62(63)67-64(58)56-34-14-13-32-53(56)57)66(51-31-18-25-47(41-51)45-22-7-2-8-23-45)52-38-39-55-54-33-15-16-35-59(54)65(60(55)42-52,49-27-9-3-10-28-49)50-29-11-4-12-30-50/h1-43H. The van der Waals surface area contributed by atoms with Gasteiger partial charge in [0.1, 0.15) is 11.2 Å². The molecular formula is C65H43NO. The van der Waals surface area contributed by atoms with Crippen molar-refractivity contribution in [2.75, 3.05) is 4.90 Å². The van der Waals surface area contributed by atoms with Crippen LogP contribution in [0.1, 0.15) is 22.3 Å². The zero-order valence-corrected chi connectivity index (χ0v) is 36.7. The molecule has 12 aromatic rings. The summed E-state index contributed by atoms with van der Waals surface area (Å²) in [7, 11) is 0. The first-order chi connectivity index (χ1) is 33.2. The summed E-state index contributed by atoms with van der Waals surface area (Å²) < 4.78 is 7.04. The lowest BCUT2D eigenvalue weighted by molar-refractivity contribution is 0.672. The summed E-state index contributed by atoms with van der Waals surface area (Å²) in [6.45, 7) is 0. The average Bonchev–Trinajstić information content (AvgIpc) is 3.94. The highest BCUT2D eigenvalue weighted by atomic mass is 16.3. The Bertz CT molecular complexity index is 3760. The number of nitrogens with zero attached hydrogens (tertiary/aromatic N) is 1. The summed E-state index contributed by atoms with van der Waals surface area (Å²) in [6.07, 6.45) is 0. The van der Waals surface area contributed by atoms with Crippen molar-refractivity contribution in [3.8, 4) is 44.5 Å². The molecular weight excluding hydrogens is 811 g/mol. The van der Waals surface area contributed by atoms with E-state index < -0.39 is 5.41 Å². The highest BCUT2D eigenvalue weighted by Crippen LogP contribution is 2.58. The molecule has 0 aliphatic heterocycles. The Hall–Kier alpha value is -8.72. The Morgan fingerprint density at radius 1 is 0.313 bits per heavy atom. The van der Waals surface area contributed by atoms with E-state index in [9.17, 15) is 0 Å². The fourth-order valence-electron chi connectivity index (χ4n) is 11.0. The molecule has 2 heteroatoms. The van der Waals surface area contributed by atoms with Crippen LogP contribution < -0.4 is 4.90 Å². The lowest BCUT2D eigenvalue weighted by atomic mass is 9.67. The number of rotatable bonds is 8. The summed E-state index contributed by atoms with van der Waals surface area (Å²) in [5, 5.41) is 4.38. The lowest BCUT2D eigenvalue weighted by Gasteiger charge is -2.35. The number of furan rings is 1. The number of fused-ring (bicyclic) bond motifs is 8. The van der Waals surface area contributed by atoms with Gasteiger partial charge >= 0.3 is 0 Å². The maximum atomic E-state index is 7.04. The van der Waals surface area contributed by atoms with Crippen LogP contribution in [-0.4, -0.2) is 0 Å². The number of benzene rings is 11. The van der Waals surface area contributed by atoms with E-state index in [4.69, 9.17) is 4.42 Å². The summed E-state index contributed by atoms with van der Waals surface area (Å²) in [4.78, 5) is 2.46. The molecule has 1 aromatic heterocycles. The second-order valence-electron chi connectivity index (χ2n) is 17.6. The Labute approximate surface area is 390 Å².